The number of aromatic nitrogens is 4. The van der Waals surface area contributed by atoms with Crippen molar-refractivity contribution in [2.45, 2.75) is 63.8 Å². The predicted octanol–water partition coefficient (Wildman–Crippen LogP) is 6.40. The first-order valence-corrected chi connectivity index (χ1v) is 13.2. The molecule has 3 heterocycles. The van der Waals surface area contributed by atoms with Crippen LogP contribution in [0.4, 0.5) is 13.2 Å². The number of allylic oxidation sites excluding steroid dienone is 1. The summed E-state index contributed by atoms with van der Waals surface area (Å²) in [5, 5.41) is 14.4. The van der Waals surface area contributed by atoms with Gasteiger partial charge in [-0.1, -0.05) is 42.3 Å². The molecule has 1 aromatic carbocycles. The maximum atomic E-state index is 13.9. The number of rotatable bonds is 5. The zero-order chi connectivity index (χ0) is 26.5. The van der Waals surface area contributed by atoms with Crippen LogP contribution in [0.1, 0.15) is 62.5 Å². The number of hydrogen-bond donors (Lipinski definition) is 1. The van der Waals surface area contributed by atoms with Crippen molar-refractivity contribution in [1.82, 2.24) is 24.6 Å². The number of likely N-dealkylation sites (tertiary alicyclic amines) is 1. The van der Waals surface area contributed by atoms with Crippen LogP contribution in [-0.2, 0) is 6.18 Å². The minimum absolute atomic E-state index is 0.0545. The summed E-state index contributed by atoms with van der Waals surface area (Å²) in [6.07, 6.45) is 2.42. The summed E-state index contributed by atoms with van der Waals surface area (Å²) in [6.45, 7) is 5.02. The first-order chi connectivity index (χ1) is 17.6. The second-order valence-corrected chi connectivity index (χ2v) is 10.8. The Morgan fingerprint density at radius 2 is 2.03 bits per heavy atom. The van der Waals surface area contributed by atoms with E-state index in [9.17, 15) is 18.3 Å². The fraction of sp³-hybridized carbons (Fsp3) is 0.500. The second-order valence-electron chi connectivity index (χ2n) is 9.99. The zero-order valence-corrected chi connectivity index (χ0v) is 22.0. The van der Waals surface area contributed by atoms with Crippen molar-refractivity contribution >= 4 is 39.9 Å². The first-order valence-electron chi connectivity index (χ1n) is 12.4. The fourth-order valence-electron chi connectivity index (χ4n) is 5.72. The molecule has 1 aliphatic heterocycles. The normalized spacial score (nSPS) is 24.0. The standard InChI is InChI=1S/C26H28Cl2F3N5O/c1-14-10-16(5-8-22(14)35-9-3-4-18(35)13-37)21-12-32-23-24(26(29,30)31)34-36(25(23)33-21)15(2)19-7-6-17(27)11-20(19)28/h5-7,11-12,14-15,18,22,37H,3-4,8-10,13H2,1-2H3/t14?,15-,18?,22?/m1/s1. The highest BCUT2D eigenvalue weighted by Gasteiger charge is 2.40. The van der Waals surface area contributed by atoms with E-state index in [-0.39, 0.29) is 23.8 Å². The van der Waals surface area contributed by atoms with E-state index in [4.69, 9.17) is 23.2 Å². The quantitative estimate of drug-likeness (QED) is 0.396. The average Bonchev–Trinajstić information content (AvgIpc) is 3.48. The summed E-state index contributed by atoms with van der Waals surface area (Å²) in [6, 6.07) is 4.73. The molecule has 2 aliphatic rings. The van der Waals surface area contributed by atoms with Gasteiger partial charge in [-0.3, -0.25) is 4.90 Å². The Labute approximate surface area is 223 Å². The largest absolute Gasteiger partial charge is 0.437 e. The summed E-state index contributed by atoms with van der Waals surface area (Å²) in [5.74, 6) is 0.298. The molecule has 6 nitrogen and oxygen atoms in total. The highest BCUT2D eigenvalue weighted by molar-refractivity contribution is 6.35. The van der Waals surface area contributed by atoms with Gasteiger partial charge in [-0.2, -0.15) is 18.3 Å². The molecular formula is C26H28Cl2F3N5O. The smallest absolute Gasteiger partial charge is 0.395 e. The third-order valence-electron chi connectivity index (χ3n) is 7.64. The van der Waals surface area contributed by atoms with Gasteiger partial charge in [0.2, 0.25) is 0 Å². The monoisotopic (exact) mass is 553 g/mol. The Kier molecular flexibility index (Phi) is 7.26. The maximum absolute atomic E-state index is 13.9. The fourth-order valence-corrected chi connectivity index (χ4v) is 6.29. The molecule has 5 rings (SSSR count). The number of alkyl halides is 3. The molecule has 3 aromatic rings. The Bertz CT molecular complexity index is 1340. The molecule has 1 aliphatic carbocycles. The van der Waals surface area contributed by atoms with Crippen molar-refractivity contribution < 1.29 is 18.3 Å². The number of aliphatic hydroxyl groups is 1. The summed E-state index contributed by atoms with van der Waals surface area (Å²) in [5.41, 5.74) is 0.762. The minimum Gasteiger partial charge on any atom is -0.395 e. The summed E-state index contributed by atoms with van der Waals surface area (Å²) >= 11 is 12.4. The van der Waals surface area contributed by atoms with Crippen molar-refractivity contribution in [3.63, 3.8) is 0 Å². The van der Waals surface area contributed by atoms with E-state index >= 15 is 0 Å². The van der Waals surface area contributed by atoms with Crippen molar-refractivity contribution in [1.29, 1.82) is 0 Å². The molecule has 1 N–H and O–H groups in total. The number of fused-ring (bicyclic) bond motifs is 1. The SMILES string of the molecule is CC1CC(c2cnc3c(C(F)(F)F)nn([C@H](C)c4ccc(Cl)cc4Cl)c3n2)=CCC1N1CCCC1CO. The number of aliphatic hydroxyl groups excluding tert-OH is 1. The molecule has 0 spiro atoms. The second kappa shape index (κ2) is 10.2. The third kappa shape index (κ3) is 4.99. The predicted molar refractivity (Wildman–Crippen MR) is 138 cm³/mol. The average molecular weight is 554 g/mol. The highest BCUT2D eigenvalue weighted by Crippen LogP contribution is 2.39. The van der Waals surface area contributed by atoms with Crippen LogP contribution in [0.3, 0.4) is 0 Å². The van der Waals surface area contributed by atoms with Gasteiger partial charge in [0.25, 0.3) is 0 Å². The molecule has 2 aromatic heterocycles. The van der Waals surface area contributed by atoms with E-state index in [0.29, 0.717) is 33.3 Å². The van der Waals surface area contributed by atoms with Crippen LogP contribution >= 0.6 is 23.2 Å². The highest BCUT2D eigenvalue weighted by atomic mass is 35.5. The van der Waals surface area contributed by atoms with E-state index in [2.05, 4.69) is 33.0 Å². The van der Waals surface area contributed by atoms with Crippen molar-refractivity contribution in [3.05, 3.63) is 57.5 Å². The number of nitrogens with zero attached hydrogens (tertiary/aromatic N) is 5. The van der Waals surface area contributed by atoms with Crippen molar-refractivity contribution in [3.8, 4) is 0 Å². The van der Waals surface area contributed by atoms with Gasteiger partial charge in [0.1, 0.15) is 5.52 Å². The van der Waals surface area contributed by atoms with Gasteiger partial charge in [-0.15, -0.1) is 0 Å². The van der Waals surface area contributed by atoms with Crippen molar-refractivity contribution in [2.75, 3.05) is 13.2 Å². The summed E-state index contributed by atoms with van der Waals surface area (Å²) < 4.78 is 42.8. The molecule has 0 radical (unpaired) electrons. The van der Waals surface area contributed by atoms with Gasteiger partial charge in [0, 0.05) is 22.1 Å². The molecule has 0 amide bonds. The Hall–Kier alpha value is -2.20. The van der Waals surface area contributed by atoms with E-state index in [0.717, 1.165) is 37.8 Å². The zero-order valence-electron chi connectivity index (χ0n) is 20.5. The van der Waals surface area contributed by atoms with Crippen LogP contribution in [0, 0.1) is 5.92 Å². The topological polar surface area (TPSA) is 67.1 Å². The van der Waals surface area contributed by atoms with Gasteiger partial charge in [-0.25, -0.2) is 14.6 Å². The maximum Gasteiger partial charge on any atom is 0.437 e. The third-order valence-corrected chi connectivity index (χ3v) is 8.21. The van der Waals surface area contributed by atoms with Gasteiger partial charge < -0.3 is 5.11 Å². The lowest BCUT2D eigenvalue weighted by Gasteiger charge is -2.38. The van der Waals surface area contributed by atoms with Gasteiger partial charge in [0.05, 0.1) is 24.5 Å². The van der Waals surface area contributed by atoms with Crippen LogP contribution in [0.5, 0.6) is 0 Å². The van der Waals surface area contributed by atoms with Gasteiger partial charge in [-0.05, 0) is 68.3 Å². The summed E-state index contributed by atoms with van der Waals surface area (Å²) in [4.78, 5) is 11.3. The van der Waals surface area contributed by atoms with E-state index in [1.807, 2.05) is 0 Å². The van der Waals surface area contributed by atoms with Gasteiger partial charge >= 0.3 is 6.18 Å². The molecule has 4 atom stereocenters. The minimum atomic E-state index is -4.69. The van der Waals surface area contributed by atoms with Crippen LogP contribution in [-0.4, -0.2) is 55.0 Å². The number of benzene rings is 1. The first kappa shape index (κ1) is 26.4. The molecule has 11 heteroatoms. The summed E-state index contributed by atoms with van der Waals surface area (Å²) in [7, 11) is 0. The molecule has 0 bridgehead atoms. The molecule has 1 saturated heterocycles. The van der Waals surface area contributed by atoms with Crippen molar-refractivity contribution in [2.24, 2.45) is 5.92 Å². The molecule has 1 fully saturated rings. The molecule has 0 saturated carbocycles. The molecule has 37 heavy (non-hydrogen) atoms. The van der Waals surface area contributed by atoms with Crippen LogP contribution in [0.15, 0.2) is 30.5 Å². The molecule has 3 unspecified atom stereocenters. The lowest BCUT2D eigenvalue weighted by Crippen LogP contribution is -2.45. The Morgan fingerprint density at radius 1 is 1.24 bits per heavy atom. The Balaban J connectivity index is 1.53. The van der Waals surface area contributed by atoms with E-state index < -0.39 is 17.9 Å². The lowest BCUT2D eigenvalue weighted by atomic mass is 9.83. The molecule has 198 valence electrons. The van der Waals surface area contributed by atoms with Crippen LogP contribution < -0.4 is 0 Å². The van der Waals surface area contributed by atoms with Crippen LogP contribution in [0.2, 0.25) is 10.0 Å². The number of hydrogen-bond acceptors (Lipinski definition) is 5. The lowest BCUT2D eigenvalue weighted by molar-refractivity contribution is -0.140. The number of halogens is 5. The molecular weight excluding hydrogens is 526 g/mol. The van der Waals surface area contributed by atoms with Crippen LogP contribution in [0.25, 0.3) is 16.7 Å². The van der Waals surface area contributed by atoms with Gasteiger partial charge in [0.15, 0.2) is 11.3 Å². The van der Waals surface area contributed by atoms with E-state index in [1.165, 1.54) is 10.9 Å². The Morgan fingerprint density at radius 3 is 2.70 bits per heavy atom. The van der Waals surface area contributed by atoms with E-state index in [1.54, 1.807) is 25.1 Å².